The first-order valence-electron chi connectivity index (χ1n) is 13.2. The monoisotopic (exact) mass is 537 g/mol. The maximum absolute atomic E-state index is 15.8. The van der Waals surface area contributed by atoms with Gasteiger partial charge in [0.2, 0.25) is 5.36 Å². The fraction of sp³-hybridized carbons (Fsp3) is 0.333. The van der Waals surface area contributed by atoms with E-state index >= 15 is 8.78 Å². The number of hydrogen-bond donors (Lipinski definition) is 1. The molecule has 39 heavy (non-hydrogen) atoms. The molecule has 0 aromatic heterocycles. The van der Waals surface area contributed by atoms with Crippen molar-refractivity contribution in [3.05, 3.63) is 70.3 Å². The van der Waals surface area contributed by atoms with Crippen molar-refractivity contribution >= 4 is 22.6 Å². The summed E-state index contributed by atoms with van der Waals surface area (Å²) < 4.78 is 59.5. The van der Waals surface area contributed by atoms with Gasteiger partial charge in [0.1, 0.15) is 35.8 Å². The van der Waals surface area contributed by atoms with E-state index in [-0.39, 0.29) is 5.56 Å². The average Bonchev–Trinajstić information content (AvgIpc) is 2.97. The molecular formula is C30H28F3N2O4+. The number of morpholine rings is 1. The normalized spacial score (nSPS) is 16.3. The molecule has 202 valence electrons. The van der Waals surface area contributed by atoms with Gasteiger partial charge in [-0.2, -0.15) is 0 Å². The maximum atomic E-state index is 15.8. The molecule has 0 spiro atoms. The Hall–Kier alpha value is -3.85. The number of hydrogen-bond acceptors (Lipinski definition) is 4. The SMILES string of the molecule is Cc1c(F)c(F)c(C(=O)O)c(-c2c3ccc(=[N+]4CCCCC4)cc-3oc3cc(N4CCOCC4)ccc23)c1F. The Morgan fingerprint density at radius 3 is 2.38 bits per heavy atom. The number of carboxylic acids is 1. The molecular weight excluding hydrogens is 509 g/mol. The molecule has 2 fully saturated rings. The van der Waals surface area contributed by atoms with Gasteiger partial charge in [0.25, 0.3) is 0 Å². The van der Waals surface area contributed by atoms with Crippen molar-refractivity contribution in [1.29, 1.82) is 0 Å². The second-order valence-corrected chi connectivity index (χ2v) is 10.1. The third-order valence-electron chi connectivity index (χ3n) is 7.79. The van der Waals surface area contributed by atoms with Crippen LogP contribution in [0.2, 0.25) is 0 Å². The molecule has 2 saturated heterocycles. The van der Waals surface area contributed by atoms with Crippen molar-refractivity contribution in [1.82, 2.24) is 4.58 Å². The van der Waals surface area contributed by atoms with Gasteiger partial charge in [0.15, 0.2) is 11.6 Å². The van der Waals surface area contributed by atoms with Crippen LogP contribution in [0.15, 0.2) is 40.8 Å². The van der Waals surface area contributed by atoms with Crippen LogP contribution >= 0.6 is 0 Å². The first-order chi connectivity index (χ1) is 18.8. The molecule has 0 radical (unpaired) electrons. The summed E-state index contributed by atoms with van der Waals surface area (Å²) in [5.41, 5.74) is -0.292. The Morgan fingerprint density at radius 1 is 0.923 bits per heavy atom. The van der Waals surface area contributed by atoms with Crippen LogP contribution in [-0.2, 0) is 4.74 Å². The van der Waals surface area contributed by atoms with Crippen molar-refractivity contribution in [2.24, 2.45) is 0 Å². The number of benzene rings is 3. The number of piperidine rings is 1. The van der Waals surface area contributed by atoms with E-state index in [1.807, 2.05) is 24.3 Å². The molecule has 4 aliphatic rings. The van der Waals surface area contributed by atoms with Gasteiger partial charge >= 0.3 is 5.97 Å². The van der Waals surface area contributed by atoms with E-state index in [0.717, 1.165) is 43.9 Å². The molecule has 0 saturated carbocycles. The Morgan fingerprint density at radius 2 is 1.67 bits per heavy atom. The smallest absolute Gasteiger partial charge is 0.339 e. The highest BCUT2D eigenvalue weighted by molar-refractivity contribution is 6.08. The molecule has 6 rings (SSSR count). The molecule has 0 bridgehead atoms. The highest BCUT2D eigenvalue weighted by atomic mass is 19.2. The first-order valence-corrected chi connectivity index (χ1v) is 13.2. The largest absolute Gasteiger partial charge is 0.478 e. The summed E-state index contributed by atoms with van der Waals surface area (Å²) in [6.45, 7) is 5.43. The number of carbonyl (C=O) groups is 1. The Kier molecular flexibility index (Phi) is 6.54. The summed E-state index contributed by atoms with van der Waals surface area (Å²) in [6, 6.07) is 10.9. The predicted octanol–water partition coefficient (Wildman–Crippen LogP) is 5.42. The van der Waals surface area contributed by atoms with E-state index in [1.165, 1.54) is 6.42 Å². The van der Waals surface area contributed by atoms with E-state index in [9.17, 15) is 14.3 Å². The number of halogens is 3. The highest BCUT2D eigenvalue weighted by Gasteiger charge is 2.32. The Bertz CT molecular complexity index is 1650. The second-order valence-electron chi connectivity index (χ2n) is 10.1. The third kappa shape index (κ3) is 4.34. The summed E-state index contributed by atoms with van der Waals surface area (Å²) >= 11 is 0. The summed E-state index contributed by atoms with van der Waals surface area (Å²) in [6.07, 6.45) is 3.31. The summed E-state index contributed by atoms with van der Waals surface area (Å²) in [5.74, 6) is -5.56. The van der Waals surface area contributed by atoms with Gasteiger partial charge in [-0.05, 0) is 31.5 Å². The van der Waals surface area contributed by atoms with E-state index < -0.39 is 40.1 Å². The predicted molar refractivity (Wildman–Crippen MR) is 142 cm³/mol. The summed E-state index contributed by atoms with van der Waals surface area (Å²) in [4.78, 5) is 14.3. The van der Waals surface area contributed by atoms with Gasteiger partial charge in [-0.1, -0.05) is 0 Å². The van der Waals surface area contributed by atoms with Gasteiger partial charge < -0.3 is 19.2 Å². The Labute approximate surface area is 222 Å². The van der Waals surface area contributed by atoms with Gasteiger partial charge in [-0.25, -0.2) is 22.5 Å². The number of rotatable bonds is 3. The lowest BCUT2D eigenvalue weighted by molar-refractivity contribution is 0.0691. The molecule has 1 aliphatic carbocycles. The molecule has 0 atom stereocenters. The number of nitrogens with zero attached hydrogens (tertiary/aromatic N) is 2. The summed E-state index contributed by atoms with van der Waals surface area (Å²) in [7, 11) is 0. The molecule has 1 N–H and O–H groups in total. The minimum Gasteiger partial charge on any atom is -0.478 e. The average molecular weight is 538 g/mol. The number of ether oxygens (including phenoxy) is 1. The minimum absolute atomic E-state index is 0.155. The molecule has 6 nitrogen and oxygen atoms in total. The standard InChI is InChI=1S/C30H27F3N2O4/c1-17-27(31)25(26(30(36)37)29(33)28(17)32)24-20-7-5-18(34-9-3-2-4-10-34)15-22(20)39-23-16-19(6-8-21(23)24)35-11-13-38-14-12-35/h5-8,15-16H,2-4,9-14H2,1H3/p+1. The van der Waals surface area contributed by atoms with Crippen LogP contribution in [0, 0.1) is 24.4 Å². The van der Waals surface area contributed by atoms with Crippen molar-refractivity contribution in [2.45, 2.75) is 26.2 Å². The zero-order chi connectivity index (χ0) is 27.3. The fourth-order valence-electron chi connectivity index (χ4n) is 5.72. The van der Waals surface area contributed by atoms with E-state index in [2.05, 4.69) is 9.48 Å². The molecule has 2 aromatic rings. The molecule has 0 unspecified atom stereocenters. The highest BCUT2D eigenvalue weighted by Crippen LogP contribution is 2.44. The first kappa shape index (κ1) is 25.4. The summed E-state index contributed by atoms with van der Waals surface area (Å²) in [5, 5.41) is 11.2. The van der Waals surface area contributed by atoms with Crippen LogP contribution in [-0.4, -0.2) is 50.5 Å². The minimum atomic E-state index is -1.75. The molecule has 0 amide bonds. The van der Waals surface area contributed by atoms with Crippen molar-refractivity contribution in [3.8, 4) is 22.5 Å². The molecule has 9 heteroatoms. The molecule has 2 aromatic carbocycles. The molecule has 3 heterocycles. The lowest BCUT2D eigenvalue weighted by atomic mass is 9.88. The van der Waals surface area contributed by atoms with Crippen LogP contribution in [0.4, 0.5) is 18.9 Å². The van der Waals surface area contributed by atoms with Crippen LogP contribution in [0.5, 0.6) is 0 Å². The second kappa shape index (κ2) is 10.0. The Balaban J connectivity index is 1.70. The van der Waals surface area contributed by atoms with Crippen LogP contribution in [0.25, 0.3) is 33.4 Å². The van der Waals surface area contributed by atoms with Gasteiger partial charge in [-0.3, -0.25) is 0 Å². The van der Waals surface area contributed by atoms with Crippen molar-refractivity contribution in [2.75, 3.05) is 44.3 Å². The van der Waals surface area contributed by atoms with Crippen LogP contribution in [0.1, 0.15) is 35.2 Å². The van der Waals surface area contributed by atoms with Gasteiger partial charge in [0.05, 0.1) is 19.3 Å². The van der Waals surface area contributed by atoms with Crippen LogP contribution < -0.4 is 14.8 Å². The molecule has 3 aliphatic heterocycles. The van der Waals surface area contributed by atoms with Gasteiger partial charge in [-0.15, -0.1) is 0 Å². The van der Waals surface area contributed by atoms with E-state index in [0.29, 0.717) is 48.6 Å². The van der Waals surface area contributed by atoms with Crippen molar-refractivity contribution in [3.63, 3.8) is 0 Å². The zero-order valence-electron chi connectivity index (χ0n) is 21.5. The number of carboxylic acid groups (broad SMARTS) is 1. The van der Waals surface area contributed by atoms with Crippen LogP contribution in [0.3, 0.4) is 0 Å². The van der Waals surface area contributed by atoms with Crippen molar-refractivity contribution < 1.29 is 32.2 Å². The topological polar surface area (TPSA) is 65.9 Å². The third-order valence-corrected chi connectivity index (χ3v) is 7.79. The lowest BCUT2D eigenvalue weighted by Crippen LogP contribution is -2.36. The zero-order valence-corrected chi connectivity index (χ0v) is 21.5. The fourth-order valence-corrected chi connectivity index (χ4v) is 5.72. The quantitative estimate of drug-likeness (QED) is 0.215. The van der Waals surface area contributed by atoms with Gasteiger partial charge in [0, 0.05) is 71.4 Å². The van der Waals surface area contributed by atoms with E-state index in [4.69, 9.17) is 9.15 Å². The lowest BCUT2D eigenvalue weighted by Gasteiger charge is -2.29. The maximum Gasteiger partial charge on any atom is 0.339 e. The number of fused-ring (bicyclic) bond motifs is 2. The number of anilines is 1. The number of aromatic carboxylic acids is 1. The van der Waals surface area contributed by atoms with E-state index in [1.54, 1.807) is 12.1 Å².